The summed E-state index contributed by atoms with van der Waals surface area (Å²) in [5, 5.41) is 16.7. The van der Waals surface area contributed by atoms with Crippen molar-refractivity contribution >= 4 is 5.91 Å². The second kappa shape index (κ2) is 8.60. The van der Waals surface area contributed by atoms with Crippen LogP contribution < -0.4 is 10.6 Å². The van der Waals surface area contributed by atoms with Gasteiger partial charge in [-0.05, 0) is 56.8 Å². The Bertz CT molecular complexity index is 509. The standard InChI is InChI=1S/C19H29N3O2/c23-18(16-5-2-1-3-6-16)14-22-11-8-15(9-12-22)13-21-19(24)17-7-4-10-20-17/h1-3,5-6,15,17-18,20,23H,4,7-14H2,(H,21,24). The summed E-state index contributed by atoms with van der Waals surface area (Å²) in [6.07, 6.45) is 3.80. The lowest BCUT2D eigenvalue weighted by molar-refractivity contribution is -0.123. The third-order valence-corrected chi connectivity index (χ3v) is 5.26. The monoisotopic (exact) mass is 331 g/mol. The normalized spacial score (nSPS) is 24.0. The first-order chi connectivity index (χ1) is 11.7. The number of aliphatic hydroxyl groups is 1. The first kappa shape index (κ1) is 17.4. The zero-order chi connectivity index (χ0) is 16.8. The van der Waals surface area contributed by atoms with E-state index in [2.05, 4.69) is 15.5 Å². The zero-order valence-electron chi connectivity index (χ0n) is 14.3. The molecule has 0 aromatic heterocycles. The highest BCUT2D eigenvalue weighted by Gasteiger charge is 2.25. The molecule has 2 saturated heterocycles. The van der Waals surface area contributed by atoms with Crippen molar-refractivity contribution in [1.82, 2.24) is 15.5 Å². The lowest BCUT2D eigenvalue weighted by atomic mass is 9.96. The predicted molar refractivity (Wildman–Crippen MR) is 94.6 cm³/mol. The lowest BCUT2D eigenvalue weighted by Gasteiger charge is -2.33. The van der Waals surface area contributed by atoms with Gasteiger partial charge in [-0.3, -0.25) is 4.79 Å². The van der Waals surface area contributed by atoms with Crippen LogP contribution in [0.4, 0.5) is 0 Å². The second-order valence-corrected chi connectivity index (χ2v) is 7.06. The Hall–Kier alpha value is -1.43. The third-order valence-electron chi connectivity index (χ3n) is 5.26. The van der Waals surface area contributed by atoms with Gasteiger partial charge in [0.1, 0.15) is 0 Å². The Morgan fingerprint density at radius 3 is 2.67 bits per heavy atom. The number of carbonyl (C=O) groups excluding carboxylic acids is 1. The van der Waals surface area contributed by atoms with Crippen molar-refractivity contribution in [2.75, 3.05) is 32.7 Å². The summed E-state index contributed by atoms with van der Waals surface area (Å²) in [7, 11) is 0. The Morgan fingerprint density at radius 2 is 2.00 bits per heavy atom. The van der Waals surface area contributed by atoms with Gasteiger partial charge >= 0.3 is 0 Å². The molecule has 132 valence electrons. The molecule has 1 aromatic carbocycles. The van der Waals surface area contributed by atoms with E-state index in [9.17, 15) is 9.90 Å². The van der Waals surface area contributed by atoms with Gasteiger partial charge in [-0.25, -0.2) is 0 Å². The molecule has 0 spiro atoms. The minimum atomic E-state index is -0.420. The molecule has 3 rings (SSSR count). The van der Waals surface area contributed by atoms with Crippen LogP contribution in [0.5, 0.6) is 0 Å². The number of rotatable bonds is 6. The van der Waals surface area contributed by atoms with Crippen LogP contribution in [0.2, 0.25) is 0 Å². The molecule has 2 aliphatic heterocycles. The fraction of sp³-hybridized carbons (Fsp3) is 0.632. The van der Waals surface area contributed by atoms with E-state index in [1.165, 1.54) is 0 Å². The molecule has 1 amide bonds. The highest BCUT2D eigenvalue weighted by atomic mass is 16.3. The number of hydrogen-bond donors (Lipinski definition) is 3. The molecule has 24 heavy (non-hydrogen) atoms. The maximum Gasteiger partial charge on any atom is 0.237 e. The number of piperidine rings is 1. The van der Waals surface area contributed by atoms with Gasteiger partial charge in [-0.1, -0.05) is 30.3 Å². The van der Waals surface area contributed by atoms with Gasteiger partial charge in [0.25, 0.3) is 0 Å². The van der Waals surface area contributed by atoms with Crippen LogP contribution in [0.15, 0.2) is 30.3 Å². The van der Waals surface area contributed by atoms with E-state index in [0.717, 1.165) is 57.4 Å². The number of nitrogens with zero attached hydrogens (tertiary/aromatic N) is 1. The molecular weight excluding hydrogens is 302 g/mol. The van der Waals surface area contributed by atoms with E-state index in [0.29, 0.717) is 12.5 Å². The summed E-state index contributed by atoms with van der Waals surface area (Å²) in [4.78, 5) is 14.4. The Labute approximate surface area is 144 Å². The molecule has 0 saturated carbocycles. The maximum absolute atomic E-state index is 12.0. The molecule has 2 heterocycles. The number of carbonyl (C=O) groups is 1. The topological polar surface area (TPSA) is 64.6 Å². The fourth-order valence-corrected chi connectivity index (χ4v) is 3.67. The van der Waals surface area contributed by atoms with Crippen molar-refractivity contribution in [2.24, 2.45) is 5.92 Å². The average molecular weight is 331 g/mol. The molecule has 5 heteroatoms. The highest BCUT2D eigenvalue weighted by molar-refractivity contribution is 5.81. The third kappa shape index (κ3) is 4.79. The van der Waals surface area contributed by atoms with Crippen LogP contribution in [-0.2, 0) is 4.79 Å². The fourth-order valence-electron chi connectivity index (χ4n) is 3.67. The van der Waals surface area contributed by atoms with E-state index in [-0.39, 0.29) is 11.9 Å². The van der Waals surface area contributed by atoms with Gasteiger partial charge in [0, 0.05) is 13.1 Å². The molecule has 0 aliphatic carbocycles. The summed E-state index contributed by atoms with van der Waals surface area (Å²) >= 11 is 0. The van der Waals surface area contributed by atoms with Crippen LogP contribution in [0.1, 0.15) is 37.4 Å². The van der Waals surface area contributed by atoms with Gasteiger partial charge in [-0.15, -0.1) is 0 Å². The van der Waals surface area contributed by atoms with Crippen molar-refractivity contribution in [2.45, 2.75) is 37.8 Å². The van der Waals surface area contributed by atoms with Gasteiger partial charge < -0.3 is 20.6 Å². The van der Waals surface area contributed by atoms with Crippen molar-refractivity contribution in [3.8, 4) is 0 Å². The van der Waals surface area contributed by atoms with Crippen LogP contribution in [0.3, 0.4) is 0 Å². The van der Waals surface area contributed by atoms with E-state index in [1.807, 2.05) is 30.3 Å². The van der Waals surface area contributed by atoms with Crippen molar-refractivity contribution in [3.63, 3.8) is 0 Å². The minimum absolute atomic E-state index is 0.0195. The summed E-state index contributed by atoms with van der Waals surface area (Å²) in [6.45, 7) is 4.42. The number of amides is 1. The van der Waals surface area contributed by atoms with Crippen LogP contribution in [0, 0.1) is 5.92 Å². The second-order valence-electron chi connectivity index (χ2n) is 7.06. The molecular formula is C19H29N3O2. The van der Waals surface area contributed by atoms with Crippen molar-refractivity contribution in [3.05, 3.63) is 35.9 Å². The predicted octanol–water partition coefficient (Wildman–Crippen LogP) is 1.30. The van der Waals surface area contributed by atoms with E-state index < -0.39 is 6.10 Å². The summed E-state index contributed by atoms with van der Waals surface area (Å²) in [5.41, 5.74) is 0.982. The quantitative estimate of drug-likeness (QED) is 0.735. The lowest BCUT2D eigenvalue weighted by Crippen LogP contribution is -2.44. The average Bonchev–Trinajstić information content (AvgIpc) is 3.16. The van der Waals surface area contributed by atoms with Gasteiger partial charge in [0.2, 0.25) is 5.91 Å². The summed E-state index contributed by atoms with van der Waals surface area (Å²) in [5.74, 6) is 0.718. The number of nitrogens with one attached hydrogen (secondary N) is 2. The van der Waals surface area contributed by atoms with Crippen LogP contribution in [0.25, 0.3) is 0 Å². The molecule has 0 radical (unpaired) electrons. The minimum Gasteiger partial charge on any atom is -0.387 e. The van der Waals surface area contributed by atoms with Gasteiger partial charge in [0.15, 0.2) is 0 Å². The maximum atomic E-state index is 12.0. The highest BCUT2D eigenvalue weighted by Crippen LogP contribution is 2.20. The SMILES string of the molecule is O=C(NCC1CCN(CC(O)c2ccccc2)CC1)C1CCCN1. The van der Waals surface area contributed by atoms with E-state index in [1.54, 1.807) is 0 Å². The first-order valence-corrected chi connectivity index (χ1v) is 9.19. The Morgan fingerprint density at radius 1 is 1.25 bits per heavy atom. The van der Waals surface area contributed by atoms with Gasteiger partial charge in [-0.2, -0.15) is 0 Å². The summed E-state index contributed by atoms with van der Waals surface area (Å²) < 4.78 is 0. The number of hydrogen-bond acceptors (Lipinski definition) is 4. The summed E-state index contributed by atoms with van der Waals surface area (Å²) in [6, 6.07) is 9.87. The number of aliphatic hydroxyl groups excluding tert-OH is 1. The van der Waals surface area contributed by atoms with Crippen LogP contribution >= 0.6 is 0 Å². The van der Waals surface area contributed by atoms with E-state index >= 15 is 0 Å². The smallest absolute Gasteiger partial charge is 0.237 e. The first-order valence-electron chi connectivity index (χ1n) is 9.19. The molecule has 2 aliphatic rings. The molecule has 3 N–H and O–H groups in total. The number of likely N-dealkylation sites (tertiary alicyclic amines) is 1. The largest absolute Gasteiger partial charge is 0.387 e. The molecule has 5 nitrogen and oxygen atoms in total. The molecule has 2 fully saturated rings. The molecule has 1 aromatic rings. The molecule has 2 atom stereocenters. The van der Waals surface area contributed by atoms with Gasteiger partial charge in [0.05, 0.1) is 12.1 Å². The van der Waals surface area contributed by atoms with Crippen molar-refractivity contribution in [1.29, 1.82) is 0 Å². The molecule has 2 unspecified atom stereocenters. The number of benzene rings is 1. The Kier molecular flexibility index (Phi) is 6.24. The molecule has 0 bridgehead atoms. The number of β-amino-alcohol motifs (C(OH)–C–C–N with tert-alkyl or cyclic N) is 1. The zero-order valence-corrected chi connectivity index (χ0v) is 14.3. The van der Waals surface area contributed by atoms with E-state index in [4.69, 9.17) is 0 Å². The Balaban J connectivity index is 1.35. The van der Waals surface area contributed by atoms with Crippen LogP contribution in [-0.4, -0.2) is 54.7 Å². The van der Waals surface area contributed by atoms with Crippen molar-refractivity contribution < 1.29 is 9.90 Å².